The van der Waals surface area contributed by atoms with Gasteiger partial charge in [0, 0.05) is 22.8 Å². The first-order valence-corrected chi connectivity index (χ1v) is 8.35. The van der Waals surface area contributed by atoms with Crippen LogP contribution in [0, 0.1) is 6.92 Å². The summed E-state index contributed by atoms with van der Waals surface area (Å²) < 4.78 is 12.7. The first-order chi connectivity index (χ1) is 12.1. The van der Waals surface area contributed by atoms with Gasteiger partial charge >= 0.3 is 5.97 Å². The van der Waals surface area contributed by atoms with Crippen LogP contribution in [0.4, 0.5) is 0 Å². The molecule has 2 aromatic heterocycles. The lowest BCUT2D eigenvalue weighted by Gasteiger charge is -2.08. The molecule has 3 rings (SSSR count). The molecule has 0 aliphatic heterocycles. The van der Waals surface area contributed by atoms with Crippen molar-refractivity contribution in [3.8, 4) is 5.75 Å². The van der Waals surface area contributed by atoms with E-state index in [2.05, 4.69) is 9.55 Å². The predicted octanol–water partition coefficient (Wildman–Crippen LogP) is 3.51. The number of methoxy groups -OCH3 is 1. The SMILES string of the molecule is CCOC(=O)Cc1c(C)n(Cc2ccccn2)c2ccc(OC)cc12. The summed E-state index contributed by atoms with van der Waals surface area (Å²) in [7, 11) is 1.64. The summed E-state index contributed by atoms with van der Waals surface area (Å²) in [4.78, 5) is 16.5. The molecule has 0 aliphatic carbocycles. The highest BCUT2D eigenvalue weighted by Crippen LogP contribution is 2.30. The van der Waals surface area contributed by atoms with Gasteiger partial charge in [-0.05, 0) is 49.7 Å². The van der Waals surface area contributed by atoms with Crippen molar-refractivity contribution in [3.05, 3.63) is 59.5 Å². The minimum Gasteiger partial charge on any atom is -0.497 e. The molecule has 0 atom stereocenters. The summed E-state index contributed by atoms with van der Waals surface area (Å²) in [6, 6.07) is 11.8. The van der Waals surface area contributed by atoms with Crippen molar-refractivity contribution in [2.45, 2.75) is 26.8 Å². The standard InChI is InChI=1S/C20H22N2O3/c1-4-25-20(23)12-17-14(2)22(13-15-7-5-6-10-21-15)19-9-8-16(24-3)11-18(17)19/h5-11H,4,12-13H2,1-3H3. The minimum absolute atomic E-state index is 0.217. The lowest BCUT2D eigenvalue weighted by molar-refractivity contribution is -0.142. The molecule has 2 heterocycles. The van der Waals surface area contributed by atoms with E-state index in [1.54, 1.807) is 13.3 Å². The second-order valence-corrected chi connectivity index (χ2v) is 5.84. The monoisotopic (exact) mass is 338 g/mol. The molecule has 5 heteroatoms. The lowest BCUT2D eigenvalue weighted by atomic mass is 10.1. The molecule has 0 unspecified atom stereocenters. The molecule has 0 spiro atoms. The molecule has 3 aromatic rings. The quantitative estimate of drug-likeness (QED) is 0.646. The number of hydrogen-bond acceptors (Lipinski definition) is 4. The second kappa shape index (κ2) is 7.38. The summed E-state index contributed by atoms with van der Waals surface area (Å²) in [5, 5.41) is 1.01. The normalized spacial score (nSPS) is 10.8. The summed E-state index contributed by atoms with van der Waals surface area (Å²) in [6.07, 6.45) is 2.04. The largest absolute Gasteiger partial charge is 0.497 e. The summed E-state index contributed by atoms with van der Waals surface area (Å²) in [5.74, 6) is 0.554. The molecule has 0 N–H and O–H groups in total. The first kappa shape index (κ1) is 17.0. The summed E-state index contributed by atoms with van der Waals surface area (Å²) in [6.45, 7) is 4.88. The van der Waals surface area contributed by atoms with E-state index in [1.807, 2.05) is 50.2 Å². The molecule has 0 aliphatic rings. The number of rotatable bonds is 6. The van der Waals surface area contributed by atoms with Crippen LogP contribution in [0.15, 0.2) is 42.6 Å². The molecule has 0 radical (unpaired) electrons. The fraction of sp³-hybridized carbons (Fsp3) is 0.300. The number of esters is 1. The Morgan fingerprint density at radius 3 is 2.76 bits per heavy atom. The Morgan fingerprint density at radius 1 is 1.24 bits per heavy atom. The Morgan fingerprint density at radius 2 is 2.08 bits per heavy atom. The van der Waals surface area contributed by atoms with Crippen LogP contribution in [0.2, 0.25) is 0 Å². The van der Waals surface area contributed by atoms with Crippen LogP contribution < -0.4 is 4.74 Å². The van der Waals surface area contributed by atoms with Crippen molar-refractivity contribution in [3.63, 3.8) is 0 Å². The van der Waals surface area contributed by atoms with Gasteiger partial charge in [0.15, 0.2) is 0 Å². The fourth-order valence-electron chi connectivity index (χ4n) is 3.09. The number of pyridine rings is 1. The van der Waals surface area contributed by atoms with Gasteiger partial charge in [0.1, 0.15) is 5.75 Å². The number of benzene rings is 1. The predicted molar refractivity (Wildman–Crippen MR) is 96.9 cm³/mol. The molecule has 0 bridgehead atoms. The minimum atomic E-state index is -0.217. The topological polar surface area (TPSA) is 53.4 Å². The number of nitrogens with zero attached hydrogens (tertiary/aromatic N) is 2. The first-order valence-electron chi connectivity index (χ1n) is 8.35. The van der Waals surface area contributed by atoms with E-state index in [4.69, 9.17) is 9.47 Å². The molecule has 0 fully saturated rings. The van der Waals surface area contributed by atoms with Crippen molar-refractivity contribution in [2.75, 3.05) is 13.7 Å². The highest BCUT2D eigenvalue weighted by atomic mass is 16.5. The van der Waals surface area contributed by atoms with Crippen LogP contribution in [0.5, 0.6) is 5.75 Å². The van der Waals surface area contributed by atoms with E-state index >= 15 is 0 Å². The smallest absolute Gasteiger partial charge is 0.310 e. The van der Waals surface area contributed by atoms with Gasteiger partial charge < -0.3 is 14.0 Å². The van der Waals surface area contributed by atoms with Crippen molar-refractivity contribution < 1.29 is 14.3 Å². The van der Waals surface area contributed by atoms with Gasteiger partial charge in [0.25, 0.3) is 0 Å². The molecule has 0 saturated carbocycles. The van der Waals surface area contributed by atoms with E-state index < -0.39 is 0 Å². The van der Waals surface area contributed by atoms with E-state index in [1.165, 1.54) is 0 Å². The Hall–Kier alpha value is -2.82. The Kier molecular flexibility index (Phi) is 5.03. The third-order valence-electron chi connectivity index (χ3n) is 4.33. The third kappa shape index (κ3) is 3.50. The third-order valence-corrected chi connectivity index (χ3v) is 4.33. The van der Waals surface area contributed by atoms with Crippen LogP contribution in [0.25, 0.3) is 10.9 Å². The number of ether oxygens (including phenoxy) is 2. The number of fused-ring (bicyclic) bond motifs is 1. The van der Waals surface area contributed by atoms with Gasteiger partial charge in [-0.15, -0.1) is 0 Å². The van der Waals surface area contributed by atoms with Crippen LogP contribution in [-0.2, 0) is 22.5 Å². The van der Waals surface area contributed by atoms with Crippen LogP contribution >= 0.6 is 0 Å². The van der Waals surface area contributed by atoms with E-state index in [0.717, 1.165) is 33.6 Å². The average molecular weight is 338 g/mol. The van der Waals surface area contributed by atoms with Gasteiger partial charge in [-0.1, -0.05) is 6.07 Å². The van der Waals surface area contributed by atoms with Gasteiger partial charge in [0.2, 0.25) is 0 Å². The Balaban J connectivity index is 2.10. The highest BCUT2D eigenvalue weighted by molar-refractivity contribution is 5.90. The maximum Gasteiger partial charge on any atom is 0.310 e. The van der Waals surface area contributed by atoms with Crippen LogP contribution in [0.1, 0.15) is 23.9 Å². The van der Waals surface area contributed by atoms with Gasteiger partial charge in [-0.3, -0.25) is 9.78 Å². The van der Waals surface area contributed by atoms with E-state index in [-0.39, 0.29) is 12.4 Å². The second-order valence-electron chi connectivity index (χ2n) is 5.84. The number of carbonyl (C=O) groups excluding carboxylic acids is 1. The number of hydrogen-bond donors (Lipinski definition) is 0. The zero-order valence-corrected chi connectivity index (χ0v) is 14.8. The van der Waals surface area contributed by atoms with Crippen molar-refractivity contribution in [2.24, 2.45) is 0 Å². The van der Waals surface area contributed by atoms with E-state index in [9.17, 15) is 4.79 Å². The van der Waals surface area contributed by atoms with Gasteiger partial charge in [-0.2, -0.15) is 0 Å². The van der Waals surface area contributed by atoms with E-state index in [0.29, 0.717) is 13.2 Å². The lowest BCUT2D eigenvalue weighted by Crippen LogP contribution is -2.09. The summed E-state index contributed by atoms with van der Waals surface area (Å²) in [5.41, 5.74) is 4.05. The molecule has 25 heavy (non-hydrogen) atoms. The van der Waals surface area contributed by atoms with Crippen molar-refractivity contribution in [1.82, 2.24) is 9.55 Å². The summed E-state index contributed by atoms with van der Waals surface area (Å²) >= 11 is 0. The number of carbonyl (C=O) groups is 1. The molecular weight excluding hydrogens is 316 g/mol. The zero-order valence-electron chi connectivity index (χ0n) is 14.8. The molecule has 130 valence electrons. The molecule has 0 amide bonds. The van der Waals surface area contributed by atoms with Crippen LogP contribution in [0.3, 0.4) is 0 Å². The molecule has 5 nitrogen and oxygen atoms in total. The number of aromatic nitrogens is 2. The Labute approximate surface area is 147 Å². The van der Waals surface area contributed by atoms with Gasteiger partial charge in [0.05, 0.1) is 32.4 Å². The molecular formula is C20H22N2O3. The zero-order chi connectivity index (χ0) is 17.8. The maximum atomic E-state index is 12.1. The molecule has 1 aromatic carbocycles. The van der Waals surface area contributed by atoms with Crippen LogP contribution in [-0.4, -0.2) is 29.2 Å². The molecule has 0 saturated heterocycles. The van der Waals surface area contributed by atoms with Crippen molar-refractivity contribution >= 4 is 16.9 Å². The average Bonchev–Trinajstić information content (AvgIpc) is 2.88. The maximum absolute atomic E-state index is 12.1. The Bertz CT molecular complexity index is 885. The van der Waals surface area contributed by atoms with Crippen molar-refractivity contribution in [1.29, 1.82) is 0 Å². The fourth-order valence-corrected chi connectivity index (χ4v) is 3.09. The highest BCUT2D eigenvalue weighted by Gasteiger charge is 2.18. The van der Waals surface area contributed by atoms with Gasteiger partial charge in [-0.25, -0.2) is 0 Å².